The lowest BCUT2D eigenvalue weighted by Gasteiger charge is -2.40. The minimum absolute atomic E-state index is 0.0185. The van der Waals surface area contributed by atoms with E-state index < -0.39 is 5.60 Å². The minimum atomic E-state index is -0.781. The van der Waals surface area contributed by atoms with Crippen molar-refractivity contribution >= 4 is 11.7 Å². The Hall–Kier alpha value is -3.02. The molecule has 1 N–H and O–H groups in total. The number of amides is 1. The van der Waals surface area contributed by atoms with E-state index in [1.54, 1.807) is 19.2 Å². The van der Waals surface area contributed by atoms with Crippen molar-refractivity contribution in [3.63, 3.8) is 0 Å². The van der Waals surface area contributed by atoms with Crippen LogP contribution < -0.4 is 5.32 Å². The van der Waals surface area contributed by atoms with E-state index in [1.807, 2.05) is 26.8 Å². The smallest absolute Gasteiger partial charge is 0.255 e. The Morgan fingerprint density at radius 3 is 2.53 bits per heavy atom. The lowest BCUT2D eigenvalue weighted by atomic mass is 9.72. The van der Waals surface area contributed by atoms with Gasteiger partial charge in [0.05, 0.1) is 23.3 Å². The fourth-order valence-electron chi connectivity index (χ4n) is 4.97. The number of benzene rings is 1. The molecule has 5 nitrogen and oxygen atoms in total. The zero-order valence-electron chi connectivity index (χ0n) is 19.6. The van der Waals surface area contributed by atoms with E-state index in [4.69, 9.17) is 9.47 Å². The van der Waals surface area contributed by atoms with Gasteiger partial charge in [-0.1, -0.05) is 6.92 Å². The maximum Gasteiger partial charge on any atom is 0.255 e. The Labute approximate surface area is 189 Å². The summed E-state index contributed by atoms with van der Waals surface area (Å²) < 4.78 is 26.6. The molecule has 4 rings (SSSR count). The standard InChI is InChI=1S/C26H31FN2O3/c1-7-16-14-29(8-2)23-20(31-15(3)4)13-19-21(25(30)28-6)24(32-26(19,5)22(16)23)17-9-11-18(27)12-10-17/h9-15,22H,7-8H2,1-6H3,(H,28,30). The predicted octanol–water partition coefficient (Wildman–Crippen LogP) is 4.89. The van der Waals surface area contributed by atoms with Gasteiger partial charge in [-0.15, -0.1) is 0 Å². The van der Waals surface area contributed by atoms with Crippen molar-refractivity contribution in [2.24, 2.45) is 5.92 Å². The zero-order valence-corrected chi connectivity index (χ0v) is 19.6. The molecule has 1 aliphatic carbocycles. The molecule has 2 heterocycles. The Kier molecular flexibility index (Phi) is 5.65. The number of hydrogen-bond donors (Lipinski definition) is 1. The molecule has 170 valence electrons. The molecule has 32 heavy (non-hydrogen) atoms. The monoisotopic (exact) mass is 438 g/mol. The lowest BCUT2D eigenvalue weighted by Crippen LogP contribution is -2.43. The van der Waals surface area contributed by atoms with Crippen LogP contribution in [0.5, 0.6) is 0 Å². The van der Waals surface area contributed by atoms with Gasteiger partial charge in [0.1, 0.15) is 22.9 Å². The third-order valence-electron chi connectivity index (χ3n) is 6.37. The van der Waals surface area contributed by atoms with Crippen LogP contribution in [0.25, 0.3) is 5.76 Å². The molecular formula is C26H31FN2O3. The van der Waals surface area contributed by atoms with Crippen LogP contribution in [0.2, 0.25) is 0 Å². The highest BCUT2D eigenvalue weighted by Crippen LogP contribution is 2.57. The number of carbonyl (C=O) groups excluding carboxylic acids is 1. The first-order chi connectivity index (χ1) is 15.2. The van der Waals surface area contributed by atoms with E-state index in [0.717, 1.165) is 30.0 Å². The molecule has 0 bridgehead atoms. The van der Waals surface area contributed by atoms with Gasteiger partial charge in [-0.3, -0.25) is 4.79 Å². The summed E-state index contributed by atoms with van der Waals surface area (Å²) in [6, 6.07) is 6.07. The van der Waals surface area contributed by atoms with Crippen LogP contribution in [0.1, 0.15) is 46.6 Å². The Morgan fingerprint density at radius 1 is 1.28 bits per heavy atom. The number of halogens is 1. The molecule has 2 unspecified atom stereocenters. The second-order valence-corrected chi connectivity index (χ2v) is 8.75. The first-order valence-electron chi connectivity index (χ1n) is 11.3. The topological polar surface area (TPSA) is 50.8 Å². The highest BCUT2D eigenvalue weighted by molar-refractivity contribution is 6.06. The van der Waals surface area contributed by atoms with Crippen LogP contribution in [0, 0.1) is 11.7 Å². The molecule has 0 spiro atoms. The van der Waals surface area contributed by atoms with E-state index in [0.29, 0.717) is 16.9 Å². The average molecular weight is 439 g/mol. The first-order valence-corrected chi connectivity index (χ1v) is 11.3. The van der Waals surface area contributed by atoms with Gasteiger partial charge in [-0.25, -0.2) is 4.39 Å². The molecule has 1 aromatic carbocycles. The van der Waals surface area contributed by atoms with Crippen molar-refractivity contribution < 1.29 is 18.7 Å². The van der Waals surface area contributed by atoms with E-state index in [9.17, 15) is 9.18 Å². The number of allylic oxidation sites excluding steroid dienone is 1. The Bertz CT molecular complexity index is 1070. The maximum atomic E-state index is 13.6. The summed E-state index contributed by atoms with van der Waals surface area (Å²) in [5.41, 5.74) is 3.45. The fraction of sp³-hybridized carbons (Fsp3) is 0.423. The number of nitrogens with zero attached hydrogens (tertiary/aromatic N) is 1. The highest BCUT2D eigenvalue weighted by atomic mass is 19.1. The van der Waals surface area contributed by atoms with Crippen molar-refractivity contribution in [1.82, 2.24) is 10.2 Å². The molecule has 0 saturated carbocycles. The molecule has 3 aliphatic rings. The quantitative estimate of drug-likeness (QED) is 0.687. The maximum absolute atomic E-state index is 13.6. The van der Waals surface area contributed by atoms with Gasteiger partial charge in [0.25, 0.3) is 5.91 Å². The van der Waals surface area contributed by atoms with Crippen molar-refractivity contribution in [2.45, 2.75) is 52.7 Å². The third-order valence-corrected chi connectivity index (χ3v) is 6.37. The van der Waals surface area contributed by atoms with Gasteiger partial charge in [-0.2, -0.15) is 0 Å². The van der Waals surface area contributed by atoms with Crippen LogP contribution in [0.3, 0.4) is 0 Å². The fourth-order valence-corrected chi connectivity index (χ4v) is 4.97. The number of ether oxygens (including phenoxy) is 2. The Balaban J connectivity index is 1.96. The number of rotatable bonds is 6. The van der Waals surface area contributed by atoms with E-state index in [2.05, 4.69) is 30.3 Å². The largest absolute Gasteiger partial charge is 0.489 e. The second-order valence-electron chi connectivity index (χ2n) is 8.75. The molecule has 1 amide bonds. The lowest BCUT2D eigenvalue weighted by molar-refractivity contribution is -0.116. The van der Waals surface area contributed by atoms with Crippen molar-refractivity contribution in [2.75, 3.05) is 13.6 Å². The molecule has 0 aromatic heterocycles. The zero-order chi connectivity index (χ0) is 23.2. The summed E-state index contributed by atoms with van der Waals surface area (Å²) in [5.74, 6) is 0.578. The number of carbonyl (C=O) groups is 1. The van der Waals surface area contributed by atoms with Crippen LogP contribution in [0.4, 0.5) is 4.39 Å². The summed E-state index contributed by atoms with van der Waals surface area (Å²) in [6.07, 6.45) is 4.98. The third kappa shape index (κ3) is 3.33. The van der Waals surface area contributed by atoms with Gasteiger partial charge in [-0.05, 0) is 70.0 Å². The minimum Gasteiger partial charge on any atom is -0.489 e. The van der Waals surface area contributed by atoms with Crippen LogP contribution in [-0.4, -0.2) is 36.1 Å². The molecule has 2 aliphatic heterocycles. The second kappa shape index (κ2) is 8.15. The number of nitrogens with one attached hydrogen (secondary N) is 1. The van der Waals surface area contributed by atoms with E-state index in [-0.39, 0.29) is 23.7 Å². The SMILES string of the molecule is CCC1=CN(CC)C2=C(OC(C)C)C=C3C(C(=O)NC)=C(c4ccc(F)cc4)OC3(C)C12. The summed E-state index contributed by atoms with van der Waals surface area (Å²) in [4.78, 5) is 15.3. The Morgan fingerprint density at radius 2 is 1.97 bits per heavy atom. The molecule has 2 atom stereocenters. The molecule has 6 heteroatoms. The van der Waals surface area contributed by atoms with Crippen molar-refractivity contribution in [3.05, 3.63) is 76.1 Å². The van der Waals surface area contributed by atoms with Crippen LogP contribution in [-0.2, 0) is 14.3 Å². The van der Waals surface area contributed by atoms with E-state index >= 15 is 0 Å². The molecular weight excluding hydrogens is 407 g/mol. The predicted molar refractivity (Wildman–Crippen MR) is 122 cm³/mol. The van der Waals surface area contributed by atoms with E-state index in [1.165, 1.54) is 17.7 Å². The van der Waals surface area contributed by atoms with Gasteiger partial charge >= 0.3 is 0 Å². The number of hydrogen-bond acceptors (Lipinski definition) is 4. The van der Waals surface area contributed by atoms with Gasteiger partial charge < -0.3 is 19.7 Å². The van der Waals surface area contributed by atoms with Crippen LogP contribution in [0.15, 0.2) is 64.7 Å². The average Bonchev–Trinajstić information content (AvgIpc) is 3.30. The molecule has 0 radical (unpaired) electrons. The summed E-state index contributed by atoms with van der Waals surface area (Å²) >= 11 is 0. The van der Waals surface area contributed by atoms with Gasteiger partial charge in [0, 0.05) is 30.9 Å². The van der Waals surface area contributed by atoms with Gasteiger partial charge in [0.2, 0.25) is 0 Å². The van der Waals surface area contributed by atoms with Crippen molar-refractivity contribution in [3.8, 4) is 0 Å². The molecule has 0 fully saturated rings. The number of fused-ring (bicyclic) bond motifs is 3. The van der Waals surface area contributed by atoms with Crippen LogP contribution >= 0.6 is 0 Å². The molecule has 1 aromatic rings. The summed E-state index contributed by atoms with van der Waals surface area (Å²) in [7, 11) is 1.61. The highest BCUT2D eigenvalue weighted by Gasteiger charge is 2.57. The van der Waals surface area contributed by atoms with Crippen molar-refractivity contribution in [1.29, 1.82) is 0 Å². The summed E-state index contributed by atoms with van der Waals surface area (Å²) in [6.45, 7) is 11.1. The normalized spacial score (nSPS) is 24.2. The number of likely N-dealkylation sites (N-methyl/N-ethyl adjacent to an activating group) is 1. The molecule has 0 saturated heterocycles. The first kappa shape index (κ1) is 22.2. The summed E-state index contributed by atoms with van der Waals surface area (Å²) in [5, 5.41) is 2.76. The van der Waals surface area contributed by atoms with Gasteiger partial charge in [0.15, 0.2) is 0 Å².